The summed E-state index contributed by atoms with van der Waals surface area (Å²) in [5, 5.41) is 5.60. The summed E-state index contributed by atoms with van der Waals surface area (Å²) in [6.07, 6.45) is 5.14. The lowest BCUT2D eigenvalue weighted by Gasteiger charge is -2.25. The number of carbonyl (C=O) groups excluding carboxylic acids is 2. The molecule has 4 rings (SSSR count). The fraction of sp³-hybridized carbons (Fsp3) is 0.0455. The van der Waals surface area contributed by atoms with E-state index in [1.54, 1.807) is 43.5 Å². The van der Waals surface area contributed by atoms with Gasteiger partial charge in [0.15, 0.2) is 0 Å². The van der Waals surface area contributed by atoms with Gasteiger partial charge in [0.2, 0.25) is 5.78 Å². The fourth-order valence-corrected chi connectivity index (χ4v) is 3.23. The third-order valence-electron chi connectivity index (χ3n) is 4.67. The van der Waals surface area contributed by atoms with Crippen LogP contribution in [0.5, 0.6) is 0 Å². The number of fused-ring (bicyclic) bond motifs is 1. The van der Waals surface area contributed by atoms with Crippen molar-refractivity contribution in [1.29, 1.82) is 0 Å². The van der Waals surface area contributed by atoms with Crippen molar-refractivity contribution < 1.29 is 9.59 Å². The van der Waals surface area contributed by atoms with Gasteiger partial charge < -0.3 is 4.90 Å². The number of H-pyrrole nitrogens is 2. The van der Waals surface area contributed by atoms with E-state index in [4.69, 9.17) is 0 Å². The zero-order valence-corrected chi connectivity index (χ0v) is 15.1. The second-order valence-corrected chi connectivity index (χ2v) is 6.39. The Balaban J connectivity index is 1.91. The molecule has 2 N–H and O–H groups in total. The monoisotopic (exact) mass is 371 g/mol. The molecular weight excluding hydrogens is 354 g/mol. The molecule has 3 aromatic rings. The lowest BCUT2D eigenvalue weighted by molar-refractivity contribution is -0.113. The predicted octanol–water partition coefficient (Wildman–Crippen LogP) is 1.21. The van der Waals surface area contributed by atoms with Gasteiger partial charge in [0, 0.05) is 12.6 Å². The maximum absolute atomic E-state index is 13.0. The van der Waals surface area contributed by atoms with Crippen molar-refractivity contribution in [2.45, 2.75) is 0 Å². The third-order valence-corrected chi connectivity index (χ3v) is 4.67. The van der Waals surface area contributed by atoms with Crippen molar-refractivity contribution in [1.82, 2.24) is 10.2 Å². The number of nitrogens with zero attached hydrogens (tertiary/aromatic N) is 1. The van der Waals surface area contributed by atoms with Crippen LogP contribution in [0.1, 0.15) is 15.9 Å². The van der Waals surface area contributed by atoms with E-state index in [-0.39, 0.29) is 16.1 Å². The standard InChI is InChI=1S/C22H17N3O3/c1-25-17-13-6-5-11-15(17)20(26)18(22(25)28)19-16(21(27)24-23-19)12-7-10-14-8-3-2-4-9-14/h2-13,23H,1H3,(H,24,27)/b10-7+,16-12-,19-18-. The van der Waals surface area contributed by atoms with Gasteiger partial charge in [0.05, 0.1) is 16.3 Å². The zero-order valence-electron chi connectivity index (χ0n) is 15.1. The van der Waals surface area contributed by atoms with Crippen LogP contribution in [0.3, 0.4) is 0 Å². The minimum atomic E-state index is -0.458. The van der Waals surface area contributed by atoms with Crippen molar-refractivity contribution in [3.05, 3.63) is 92.7 Å². The molecule has 0 spiro atoms. The van der Waals surface area contributed by atoms with Gasteiger partial charge in [-0.1, -0.05) is 54.6 Å². The highest BCUT2D eigenvalue weighted by atomic mass is 16.2. The highest BCUT2D eigenvalue weighted by Crippen LogP contribution is 2.28. The molecule has 1 aliphatic heterocycles. The summed E-state index contributed by atoms with van der Waals surface area (Å²) in [4.78, 5) is 39.5. The minimum absolute atomic E-state index is 0.0566. The Kier molecular flexibility index (Phi) is 4.37. The number of ketones is 1. The van der Waals surface area contributed by atoms with Crippen molar-refractivity contribution in [3.63, 3.8) is 0 Å². The van der Waals surface area contributed by atoms with Crippen molar-refractivity contribution in [2.24, 2.45) is 0 Å². The molecule has 138 valence electrons. The van der Waals surface area contributed by atoms with Gasteiger partial charge in [-0.3, -0.25) is 24.6 Å². The first-order valence-corrected chi connectivity index (χ1v) is 8.74. The molecule has 0 fully saturated rings. The number of allylic oxidation sites excluding steroid dienone is 1. The van der Waals surface area contributed by atoms with E-state index in [1.807, 2.05) is 36.4 Å². The Morgan fingerprint density at radius 2 is 1.61 bits per heavy atom. The van der Waals surface area contributed by atoms with Crippen LogP contribution in [-0.4, -0.2) is 28.9 Å². The van der Waals surface area contributed by atoms with Crippen LogP contribution in [-0.2, 0) is 4.79 Å². The number of aromatic nitrogens is 2. The number of Topliss-reactive ketones (excluding diaryl/α,β-unsaturated/α-hetero) is 1. The average Bonchev–Trinajstić information content (AvgIpc) is 3.08. The fourth-order valence-electron chi connectivity index (χ4n) is 3.23. The highest BCUT2D eigenvalue weighted by molar-refractivity contribution is 6.51. The molecule has 0 bridgehead atoms. The molecule has 2 aromatic carbocycles. The number of carbonyl (C=O) groups is 2. The summed E-state index contributed by atoms with van der Waals surface area (Å²) in [6, 6.07) is 16.5. The molecule has 0 atom stereocenters. The maximum atomic E-state index is 13.0. The van der Waals surface area contributed by atoms with Gasteiger partial charge >= 0.3 is 0 Å². The number of hydrogen-bond donors (Lipinski definition) is 2. The van der Waals surface area contributed by atoms with Crippen LogP contribution in [0.4, 0.5) is 5.69 Å². The van der Waals surface area contributed by atoms with E-state index in [0.29, 0.717) is 11.3 Å². The zero-order chi connectivity index (χ0) is 19.7. The summed E-state index contributed by atoms with van der Waals surface area (Å²) in [5.41, 5.74) is 1.49. The molecule has 0 radical (unpaired) electrons. The van der Waals surface area contributed by atoms with E-state index in [1.165, 1.54) is 4.90 Å². The first-order valence-electron chi connectivity index (χ1n) is 8.74. The van der Waals surface area contributed by atoms with Gasteiger partial charge in [-0.15, -0.1) is 0 Å². The van der Waals surface area contributed by atoms with E-state index in [9.17, 15) is 14.4 Å². The smallest absolute Gasteiger partial charge is 0.271 e. The Morgan fingerprint density at radius 3 is 2.39 bits per heavy atom. The Labute approximate surface area is 160 Å². The number of nitrogens with one attached hydrogen (secondary N) is 2. The first kappa shape index (κ1) is 17.5. The Bertz CT molecular complexity index is 1280. The van der Waals surface area contributed by atoms with Gasteiger partial charge in [-0.05, 0) is 23.8 Å². The van der Waals surface area contributed by atoms with E-state index in [0.717, 1.165) is 5.56 Å². The number of hydrogen-bond acceptors (Lipinski definition) is 3. The molecule has 1 aliphatic rings. The second-order valence-electron chi connectivity index (χ2n) is 6.39. The number of anilines is 1. The normalized spacial score (nSPS) is 16.8. The van der Waals surface area contributed by atoms with Crippen LogP contribution in [0.25, 0.3) is 17.7 Å². The molecule has 0 saturated heterocycles. The molecular formula is C22H17N3O3. The quantitative estimate of drug-likeness (QED) is 0.710. The molecule has 6 heteroatoms. The van der Waals surface area contributed by atoms with E-state index in [2.05, 4.69) is 10.2 Å². The highest BCUT2D eigenvalue weighted by Gasteiger charge is 2.33. The number of benzene rings is 2. The Hall–Kier alpha value is -3.93. The molecule has 1 aromatic heterocycles. The maximum Gasteiger partial charge on any atom is 0.271 e. The van der Waals surface area contributed by atoms with Crippen LogP contribution in [0.15, 0.2) is 65.5 Å². The molecule has 6 nitrogen and oxygen atoms in total. The minimum Gasteiger partial charge on any atom is -0.310 e. The SMILES string of the molecule is CN1C(=O)\C(=c2/[nH][nH]c(=O)/c2=C\C=C\c2ccccc2)C(=O)c2ccccc21. The van der Waals surface area contributed by atoms with Gasteiger partial charge in [-0.2, -0.15) is 0 Å². The third kappa shape index (κ3) is 2.91. The second kappa shape index (κ2) is 7.00. The lowest BCUT2D eigenvalue weighted by Crippen LogP contribution is -2.44. The van der Waals surface area contributed by atoms with E-state index < -0.39 is 17.2 Å². The molecule has 28 heavy (non-hydrogen) atoms. The topological polar surface area (TPSA) is 86.0 Å². The van der Waals surface area contributed by atoms with Gasteiger partial charge in [0.25, 0.3) is 11.5 Å². The number of para-hydroxylation sites is 1. The number of amides is 1. The first-order chi connectivity index (χ1) is 13.6. The van der Waals surface area contributed by atoms with Gasteiger partial charge in [0.1, 0.15) is 5.57 Å². The van der Waals surface area contributed by atoms with Crippen molar-refractivity contribution in [2.75, 3.05) is 11.9 Å². The van der Waals surface area contributed by atoms with Crippen molar-refractivity contribution >= 4 is 35.1 Å². The van der Waals surface area contributed by atoms with E-state index >= 15 is 0 Å². The molecule has 1 amide bonds. The number of rotatable bonds is 2. The largest absolute Gasteiger partial charge is 0.310 e. The van der Waals surface area contributed by atoms with Crippen LogP contribution < -0.4 is 21.0 Å². The number of aromatic amines is 2. The van der Waals surface area contributed by atoms with Crippen LogP contribution in [0, 0.1) is 0 Å². The molecule has 2 heterocycles. The molecule has 0 unspecified atom stereocenters. The lowest BCUT2D eigenvalue weighted by atomic mass is 9.95. The summed E-state index contributed by atoms with van der Waals surface area (Å²) >= 11 is 0. The summed E-state index contributed by atoms with van der Waals surface area (Å²) < 4.78 is 0. The summed E-state index contributed by atoms with van der Waals surface area (Å²) in [6.45, 7) is 0. The molecule has 0 aliphatic carbocycles. The van der Waals surface area contributed by atoms with Crippen LogP contribution >= 0.6 is 0 Å². The Morgan fingerprint density at radius 1 is 0.893 bits per heavy atom. The van der Waals surface area contributed by atoms with Gasteiger partial charge in [-0.25, -0.2) is 0 Å². The van der Waals surface area contributed by atoms with Crippen molar-refractivity contribution in [3.8, 4) is 0 Å². The summed E-state index contributed by atoms with van der Waals surface area (Å²) in [5.74, 6) is -0.865. The molecule has 0 saturated carbocycles. The van der Waals surface area contributed by atoms with Crippen LogP contribution in [0.2, 0.25) is 0 Å². The summed E-state index contributed by atoms with van der Waals surface area (Å²) in [7, 11) is 1.61. The predicted molar refractivity (Wildman–Crippen MR) is 108 cm³/mol. The average molecular weight is 371 g/mol.